The second-order valence-corrected chi connectivity index (χ2v) is 7.79. The molecule has 1 aliphatic rings. The third-order valence-corrected chi connectivity index (χ3v) is 6.19. The highest BCUT2D eigenvalue weighted by molar-refractivity contribution is 7.10. The van der Waals surface area contributed by atoms with Crippen LogP contribution in [0.3, 0.4) is 0 Å². The van der Waals surface area contributed by atoms with Crippen LogP contribution in [0.1, 0.15) is 34.9 Å². The van der Waals surface area contributed by atoms with Crippen molar-refractivity contribution in [1.29, 1.82) is 0 Å². The number of aryl methyl sites for hydroxylation is 1. The van der Waals surface area contributed by atoms with E-state index in [9.17, 15) is 9.90 Å². The Morgan fingerprint density at radius 1 is 1.36 bits per heavy atom. The van der Waals surface area contributed by atoms with Gasteiger partial charge in [0.05, 0.1) is 19.1 Å². The number of carbonyl (C=O) groups is 1. The van der Waals surface area contributed by atoms with Gasteiger partial charge in [0.15, 0.2) is 0 Å². The lowest BCUT2D eigenvalue weighted by Gasteiger charge is -2.37. The normalized spacial score (nSPS) is 17.4. The molecule has 2 aromatic rings. The van der Waals surface area contributed by atoms with Crippen molar-refractivity contribution in [2.45, 2.75) is 25.8 Å². The summed E-state index contributed by atoms with van der Waals surface area (Å²) in [6, 6.07) is 7.85. The zero-order chi connectivity index (χ0) is 18.0. The van der Waals surface area contributed by atoms with Crippen molar-refractivity contribution in [2.75, 3.05) is 20.2 Å². The van der Waals surface area contributed by atoms with Crippen molar-refractivity contribution in [3.05, 3.63) is 50.7 Å². The topological polar surface area (TPSA) is 49.8 Å². The van der Waals surface area contributed by atoms with E-state index in [-0.39, 0.29) is 12.0 Å². The Labute approximate surface area is 157 Å². The number of aliphatic carboxylic acids is 1. The van der Waals surface area contributed by atoms with Crippen LogP contribution in [0, 0.1) is 12.8 Å². The molecular formula is C19H22ClNO3S. The van der Waals surface area contributed by atoms with E-state index in [2.05, 4.69) is 23.3 Å². The van der Waals surface area contributed by atoms with Gasteiger partial charge >= 0.3 is 5.97 Å². The number of hydrogen-bond donors (Lipinski definition) is 1. The molecule has 0 bridgehead atoms. The summed E-state index contributed by atoms with van der Waals surface area (Å²) >= 11 is 8.00. The van der Waals surface area contributed by atoms with Crippen LogP contribution in [0.5, 0.6) is 5.75 Å². The molecule has 1 fully saturated rings. The molecule has 1 atom stereocenters. The molecule has 3 rings (SSSR count). The fraction of sp³-hybridized carbons (Fsp3) is 0.421. The van der Waals surface area contributed by atoms with Gasteiger partial charge in [-0.05, 0) is 68.1 Å². The predicted octanol–water partition coefficient (Wildman–Crippen LogP) is 4.60. The maximum absolute atomic E-state index is 11.3. The van der Waals surface area contributed by atoms with E-state index >= 15 is 0 Å². The fourth-order valence-electron chi connectivity index (χ4n) is 3.49. The number of nitrogens with zero attached hydrogens (tertiary/aromatic N) is 1. The van der Waals surface area contributed by atoms with Crippen LogP contribution in [0.25, 0.3) is 0 Å². The van der Waals surface area contributed by atoms with Crippen LogP contribution >= 0.6 is 22.9 Å². The van der Waals surface area contributed by atoms with E-state index < -0.39 is 5.97 Å². The quantitative estimate of drug-likeness (QED) is 0.824. The van der Waals surface area contributed by atoms with E-state index in [0.717, 1.165) is 24.4 Å². The Kier molecular flexibility index (Phi) is 5.67. The Morgan fingerprint density at radius 3 is 2.64 bits per heavy atom. The van der Waals surface area contributed by atoms with Gasteiger partial charge < -0.3 is 9.84 Å². The monoisotopic (exact) mass is 379 g/mol. The molecule has 4 nitrogen and oxygen atoms in total. The van der Waals surface area contributed by atoms with E-state index in [1.807, 2.05) is 18.2 Å². The minimum absolute atomic E-state index is 0.0309. The lowest BCUT2D eigenvalue weighted by molar-refractivity contribution is -0.143. The Bertz CT molecular complexity index is 753. The standard InChI is InChI=1S/C19H22ClNO3S/c1-12-7-10-25-18(12)17(15-11-14(20)3-4-16(15)24-2)21-8-5-13(6-9-21)19(22)23/h3-4,7,10-11,13,17H,5-6,8-9H2,1-2H3,(H,22,23). The number of benzene rings is 1. The minimum Gasteiger partial charge on any atom is -0.496 e. The van der Waals surface area contributed by atoms with Gasteiger partial charge in [0.25, 0.3) is 0 Å². The van der Waals surface area contributed by atoms with Gasteiger partial charge in [0, 0.05) is 15.5 Å². The molecule has 0 spiro atoms. The van der Waals surface area contributed by atoms with Crippen LogP contribution in [0.2, 0.25) is 5.02 Å². The zero-order valence-corrected chi connectivity index (χ0v) is 15.9. The summed E-state index contributed by atoms with van der Waals surface area (Å²) < 4.78 is 5.59. The molecule has 0 saturated carbocycles. The molecule has 1 aromatic heterocycles. The fourth-order valence-corrected chi connectivity index (χ4v) is 4.75. The summed E-state index contributed by atoms with van der Waals surface area (Å²) in [6.45, 7) is 3.60. The van der Waals surface area contributed by atoms with Gasteiger partial charge in [-0.1, -0.05) is 11.6 Å². The maximum Gasteiger partial charge on any atom is 0.306 e. The van der Waals surface area contributed by atoms with E-state index in [1.54, 1.807) is 18.4 Å². The molecule has 0 amide bonds. The van der Waals surface area contributed by atoms with Crippen LogP contribution in [-0.4, -0.2) is 36.2 Å². The molecule has 0 aliphatic carbocycles. The van der Waals surface area contributed by atoms with E-state index in [0.29, 0.717) is 17.9 Å². The van der Waals surface area contributed by atoms with Crippen LogP contribution < -0.4 is 4.74 Å². The Balaban J connectivity index is 1.99. The van der Waals surface area contributed by atoms with Crippen LogP contribution in [0.4, 0.5) is 0 Å². The Morgan fingerprint density at radius 2 is 2.08 bits per heavy atom. The van der Waals surface area contributed by atoms with Gasteiger partial charge in [0.1, 0.15) is 5.75 Å². The molecule has 1 saturated heterocycles. The van der Waals surface area contributed by atoms with Crippen molar-refractivity contribution in [1.82, 2.24) is 4.90 Å². The number of ether oxygens (including phenoxy) is 1. The smallest absolute Gasteiger partial charge is 0.306 e. The van der Waals surface area contributed by atoms with Gasteiger partial charge in [-0.15, -0.1) is 11.3 Å². The lowest BCUT2D eigenvalue weighted by atomic mass is 9.93. The summed E-state index contributed by atoms with van der Waals surface area (Å²) in [6.07, 6.45) is 1.33. The molecular weight excluding hydrogens is 358 g/mol. The van der Waals surface area contributed by atoms with Gasteiger partial charge in [-0.2, -0.15) is 0 Å². The average molecular weight is 380 g/mol. The largest absolute Gasteiger partial charge is 0.496 e. The second kappa shape index (κ2) is 7.77. The number of rotatable bonds is 5. The summed E-state index contributed by atoms with van der Waals surface area (Å²) in [5.74, 6) is -0.131. The second-order valence-electron chi connectivity index (χ2n) is 6.41. The molecule has 2 heterocycles. The first-order valence-corrected chi connectivity index (χ1v) is 9.61. The van der Waals surface area contributed by atoms with Gasteiger partial charge in [-0.25, -0.2) is 0 Å². The number of thiophene rings is 1. The highest BCUT2D eigenvalue weighted by Crippen LogP contribution is 2.41. The molecule has 6 heteroatoms. The first-order valence-electron chi connectivity index (χ1n) is 8.35. The summed E-state index contributed by atoms with van der Waals surface area (Å²) in [7, 11) is 1.67. The molecule has 1 unspecified atom stereocenters. The molecule has 1 aromatic carbocycles. The Hall–Kier alpha value is -1.56. The predicted molar refractivity (Wildman–Crippen MR) is 101 cm³/mol. The summed E-state index contributed by atoms with van der Waals surface area (Å²) in [5.41, 5.74) is 2.27. The van der Waals surface area contributed by atoms with Gasteiger partial charge in [0.2, 0.25) is 0 Å². The third-order valence-electron chi connectivity index (χ3n) is 4.88. The lowest BCUT2D eigenvalue weighted by Crippen LogP contribution is -2.39. The minimum atomic E-state index is -0.691. The van der Waals surface area contributed by atoms with Crippen molar-refractivity contribution < 1.29 is 14.6 Å². The van der Waals surface area contributed by atoms with Crippen molar-refractivity contribution >= 4 is 28.9 Å². The first-order chi connectivity index (χ1) is 12.0. The van der Waals surface area contributed by atoms with Crippen LogP contribution in [-0.2, 0) is 4.79 Å². The number of hydrogen-bond acceptors (Lipinski definition) is 4. The molecule has 1 N–H and O–H groups in total. The summed E-state index contributed by atoms with van der Waals surface area (Å²) in [5, 5.41) is 12.0. The van der Waals surface area contributed by atoms with E-state index in [4.69, 9.17) is 16.3 Å². The number of carboxylic acid groups (broad SMARTS) is 1. The molecule has 25 heavy (non-hydrogen) atoms. The number of methoxy groups -OCH3 is 1. The van der Waals surface area contributed by atoms with Crippen LogP contribution in [0.15, 0.2) is 29.6 Å². The highest BCUT2D eigenvalue weighted by Gasteiger charge is 2.32. The van der Waals surface area contributed by atoms with E-state index in [1.165, 1.54) is 10.4 Å². The first kappa shape index (κ1) is 18.2. The van der Waals surface area contributed by atoms with Crippen molar-refractivity contribution in [2.24, 2.45) is 5.92 Å². The molecule has 1 aliphatic heterocycles. The van der Waals surface area contributed by atoms with Crippen molar-refractivity contribution in [3.8, 4) is 5.75 Å². The molecule has 134 valence electrons. The number of likely N-dealkylation sites (tertiary alicyclic amines) is 1. The number of piperidine rings is 1. The number of halogens is 1. The number of carboxylic acids is 1. The highest BCUT2D eigenvalue weighted by atomic mass is 35.5. The van der Waals surface area contributed by atoms with Gasteiger partial charge in [-0.3, -0.25) is 9.69 Å². The average Bonchev–Trinajstić information content (AvgIpc) is 3.02. The third kappa shape index (κ3) is 3.84. The van der Waals surface area contributed by atoms with Crippen molar-refractivity contribution in [3.63, 3.8) is 0 Å². The summed E-state index contributed by atoms with van der Waals surface area (Å²) in [4.78, 5) is 14.9. The zero-order valence-electron chi connectivity index (χ0n) is 14.4. The maximum atomic E-state index is 11.3. The SMILES string of the molecule is COc1ccc(Cl)cc1C(c1sccc1C)N1CCC(C(=O)O)CC1. The molecule has 0 radical (unpaired) electrons.